The zero-order valence-corrected chi connectivity index (χ0v) is 34.4. The van der Waals surface area contributed by atoms with Crippen molar-refractivity contribution in [1.82, 2.24) is 15.3 Å². The summed E-state index contributed by atoms with van der Waals surface area (Å²) >= 11 is 18.6. The largest absolute Gasteiger partial charge is 0.478 e. The first kappa shape index (κ1) is 39.5. The summed E-state index contributed by atoms with van der Waals surface area (Å²) in [6, 6.07) is 21.8. The van der Waals surface area contributed by atoms with E-state index >= 15 is 0 Å². The minimum atomic E-state index is -0.995. The molecule has 2 saturated heterocycles. The predicted octanol–water partition coefficient (Wildman–Crippen LogP) is 8.98. The van der Waals surface area contributed by atoms with Crippen molar-refractivity contribution in [1.29, 1.82) is 0 Å². The minimum absolute atomic E-state index is 0.0641. The number of anilines is 2. The predicted molar refractivity (Wildman–Crippen MR) is 219 cm³/mol. The van der Waals surface area contributed by atoms with Gasteiger partial charge in [-0.25, -0.2) is 14.8 Å². The topological polar surface area (TPSA) is 125 Å². The van der Waals surface area contributed by atoms with Crippen LogP contribution < -0.4 is 20.9 Å². The lowest BCUT2D eigenvalue weighted by atomic mass is 9.97. The van der Waals surface area contributed by atoms with Crippen molar-refractivity contribution in [3.8, 4) is 0 Å². The monoisotopic (exact) mass is 884 g/mol. The van der Waals surface area contributed by atoms with Gasteiger partial charge in [0, 0.05) is 58.6 Å². The highest BCUT2D eigenvalue weighted by Gasteiger charge is 2.48. The summed E-state index contributed by atoms with van der Waals surface area (Å²) in [5, 5.41) is 12.5. The maximum atomic E-state index is 12.6. The second kappa shape index (κ2) is 16.7. The SMILES string of the molecule is CC1(N)CC2CN(c3ccc(Br)cn3)CC2C1.CC1(NC(=O)c2ccccc2Cl)CC2CN(c3ccc(Br)cn3)CC2C1.O=C(O)c1ccccc1Cl. The molecule has 8 rings (SSSR count). The number of nitrogens with one attached hydrogen (secondary N) is 1. The van der Waals surface area contributed by atoms with Crippen LogP contribution in [-0.2, 0) is 0 Å². The van der Waals surface area contributed by atoms with Crippen LogP contribution in [0.15, 0.2) is 94.1 Å². The van der Waals surface area contributed by atoms with Gasteiger partial charge in [-0.2, -0.15) is 0 Å². The molecule has 4 aromatic rings. The van der Waals surface area contributed by atoms with Gasteiger partial charge >= 0.3 is 5.97 Å². The van der Waals surface area contributed by atoms with E-state index in [0.29, 0.717) is 22.4 Å². The Kier molecular flexibility index (Phi) is 12.4. The van der Waals surface area contributed by atoms with E-state index in [1.54, 1.807) is 30.3 Å². The van der Waals surface area contributed by atoms with Crippen molar-refractivity contribution in [3.05, 3.63) is 115 Å². The van der Waals surface area contributed by atoms with Gasteiger partial charge in [0.2, 0.25) is 0 Å². The van der Waals surface area contributed by atoms with Crippen molar-refractivity contribution in [2.24, 2.45) is 29.4 Å². The number of hydrogen-bond donors (Lipinski definition) is 3. The standard InChI is InChI=1S/C20H21BrClN3O.C13H18BrN3.C7H5ClO2/c1-20(24-19(26)16-4-2-3-5-17(16)22)8-13-11-25(12-14(13)9-20)18-7-6-15(21)10-23-18;1-13(15)4-9-7-17(8-10(9)5-13)12-3-2-11(14)6-16-12;8-6-4-2-1-3-5(6)7(9)10/h2-7,10,13-14H,8-9,11-12H2,1H3,(H,24,26);2-3,6,9-10H,4-5,7-8,15H2,1H3;1-4H,(H,9,10). The van der Waals surface area contributed by atoms with E-state index in [0.717, 1.165) is 84.3 Å². The number of benzene rings is 2. The molecule has 2 saturated carbocycles. The number of carboxylic acid groups (broad SMARTS) is 1. The Labute approximate surface area is 337 Å². The summed E-state index contributed by atoms with van der Waals surface area (Å²) in [6.07, 6.45) is 8.00. The lowest BCUT2D eigenvalue weighted by molar-refractivity contribution is 0.0696. The van der Waals surface area contributed by atoms with E-state index in [1.807, 2.05) is 30.6 Å². The summed E-state index contributed by atoms with van der Waals surface area (Å²) in [7, 11) is 0. The Morgan fingerprint density at radius 1 is 0.717 bits per heavy atom. The quantitative estimate of drug-likeness (QED) is 0.182. The molecule has 4 N–H and O–H groups in total. The van der Waals surface area contributed by atoms with E-state index < -0.39 is 5.97 Å². The number of carbonyl (C=O) groups is 2. The number of hydrogen-bond acceptors (Lipinski definition) is 7. The first-order chi connectivity index (χ1) is 25.2. The van der Waals surface area contributed by atoms with Gasteiger partial charge in [0.05, 0.1) is 21.2 Å². The van der Waals surface area contributed by atoms with Crippen LogP contribution in [0.1, 0.15) is 60.2 Å². The number of amides is 1. The van der Waals surface area contributed by atoms with Crippen LogP contribution in [0.4, 0.5) is 11.6 Å². The third kappa shape index (κ3) is 9.91. The third-order valence-corrected chi connectivity index (χ3v) is 12.3. The molecule has 9 nitrogen and oxygen atoms in total. The summed E-state index contributed by atoms with van der Waals surface area (Å²) in [4.78, 5) is 36.7. The highest BCUT2D eigenvalue weighted by molar-refractivity contribution is 9.10. The Morgan fingerprint density at radius 2 is 1.13 bits per heavy atom. The molecule has 0 radical (unpaired) electrons. The fourth-order valence-electron chi connectivity index (χ4n) is 8.53. The third-order valence-electron chi connectivity index (χ3n) is 10.7. The molecule has 4 fully saturated rings. The number of carbonyl (C=O) groups excluding carboxylic acids is 1. The molecule has 4 heterocycles. The molecule has 4 aliphatic rings. The van der Waals surface area contributed by atoms with Gasteiger partial charge in [0.25, 0.3) is 5.91 Å². The Bertz CT molecular complexity index is 1890. The van der Waals surface area contributed by atoms with Gasteiger partial charge in [-0.1, -0.05) is 47.5 Å². The summed E-state index contributed by atoms with van der Waals surface area (Å²) in [5.74, 6) is 3.74. The number of carboxylic acids is 1. The maximum Gasteiger partial charge on any atom is 0.337 e. The normalized spacial score (nSPS) is 26.8. The number of fused-ring (bicyclic) bond motifs is 2. The van der Waals surface area contributed by atoms with Crippen LogP contribution in [0.3, 0.4) is 0 Å². The minimum Gasteiger partial charge on any atom is -0.478 e. The van der Waals surface area contributed by atoms with Crippen molar-refractivity contribution in [2.75, 3.05) is 36.0 Å². The van der Waals surface area contributed by atoms with Crippen LogP contribution in [0.2, 0.25) is 10.0 Å². The Hall–Kier alpha value is -3.22. The smallest absolute Gasteiger partial charge is 0.337 e. The molecule has 2 aliphatic carbocycles. The number of nitrogens with zero attached hydrogens (tertiary/aromatic N) is 4. The highest BCUT2D eigenvalue weighted by atomic mass is 79.9. The van der Waals surface area contributed by atoms with E-state index in [2.05, 4.69) is 89.0 Å². The molecular formula is C40H44Br2Cl2N6O3. The van der Waals surface area contributed by atoms with Crippen molar-refractivity contribution in [3.63, 3.8) is 0 Å². The summed E-state index contributed by atoms with van der Waals surface area (Å²) in [5.41, 5.74) is 6.81. The van der Waals surface area contributed by atoms with E-state index in [9.17, 15) is 9.59 Å². The zero-order valence-electron chi connectivity index (χ0n) is 29.7. The first-order valence-electron chi connectivity index (χ1n) is 17.8. The van der Waals surface area contributed by atoms with Gasteiger partial charge in [-0.05, 0) is 144 Å². The molecule has 2 aromatic heterocycles. The molecule has 0 spiro atoms. The van der Waals surface area contributed by atoms with Crippen LogP contribution in [0.5, 0.6) is 0 Å². The van der Waals surface area contributed by atoms with Gasteiger partial charge in [0.15, 0.2) is 0 Å². The molecular weight excluding hydrogens is 843 g/mol. The van der Waals surface area contributed by atoms with Crippen molar-refractivity contribution >= 4 is 78.6 Å². The number of pyridine rings is 2. The molecule has 53 heavy (non-hydrogen) atoms. The number of rotatable bonds is 5. The number of aromatic carboxylic acids is 1. The highest BCUT2D eigenvalue weighted by Crippen LogP contribution is 2.45. The van der Waals surface area contributed by atoms with Gasteiger partial charge < -0.3 is 26.0 Å². The second-order valence-corrected chi connectivity index (χ2v) is 17.9. The molecule has 0 bridgehead atoms. The summed E-state index contributed by atoms with van der Waals surface area (Å²) in [6.45, 7) is 8.57. The number of aromatic nitrogens is 2. The Balaban J connectivity index is 0.000000152. The maximum absolute atomic E-state index is 12.6. The molecule has 2 aromatic carbocycles. The van der Waals surface area contributed by atoms with Gasteiger partial charge in [-0.3, -0.25) is 4.79 Å². The molecule has 4 unspecified atom stereocenters. The molecule has 1 amide bonds. The van der Waals surface area contributed by atoms with E-state index in [1.165, 1.54) is 6.07 Å². The van der Waals surface area contributed by atoms with E-state index in [-0.39, 0.29) is 27.6 Å². The lowest BCUT2D eigenvalue weighted by Gasteiger charge is -2.29. The van der Waals surface area contributed by atoms with Gasteiger partial charge in [-0.15, -0.1) is 0 Å². The fraction of sp³-hybridized carbons (Fsp3) is 0.400. The van der Waals surface area contributed by atoms with E-state index in [4.69, 9.17) is 34.0 Å². The first-order valence-corrected chi connectivity index (χ1v) is 20.1. The average molecular weight is 888 g/mol. The molecule has 4 atom stereocenters. The van der Waals surface area contributed by atoms with Crippen molar-refractivity contribution in [2.45, 2.75) is 50.6 Å². The molecule has 13 heteroatoms. The van der Waals surface area contributed by atoms with Crippen LogP contribution >= 0.6 is 55.1 Å². The molecule has 2 aliphatic heterocycles. The summed E-state index contributed by atoms with van der Waals surface area (Å²) < 4.78 is 2.03. The van der Waals surface area contributed by atoms with Crippen LogP contribution in [-0.4, -0.2) is 64.2 Å². The lowest BCUT2D eigenvalue weighted by Crippen LogP contribution is -2.45. The second-order valence-electron chi connectivity index (χ2n) is 15.3. The van der Waals surface area contributed by atoms with Crippen LogP contribution in [0, 0.1) is 23.7 Å². The van der Waals surface area contributed by atoms with Crippen LogP contribution in [0.25, 0.3) is 0 Å². The average Bonchev–Trinajstić information content (AvgIpc) is 3.83. The number of nitrogens with two attached hydrogens (primary N) is 1. The fourth-order valence-corrected chi connectivity index (χ4v) is 9.44. The Morgan fingerprint density at radius 3 is 1.51 bits per heavy atom. The zero-order chi connectivity index (χ0) is 37.9. The van der Waals surface area contributed by atoms with Crippen molar-refractivity contribution < 1.29 is 14.7 Å². The van der Waals surface area contributed by atoms with Gasteiger partial charge in [0.1, 0.15) is 11.6 Å². The number of halogens is 4. The molecule has 280 valence electrons.